The van der Waals surface area contributed by atoms with E-state index in [-0.39, 0.29) is 10.8 Å². The van der Waals surface area contributed by atoms with Gasteiger partial charge in [-0.05, 0) is 38.1 Å². The predicted octanol–water partition coefficient (Wildman–Crippen LogP) is 4.09. The van der Waals surface area contributed by atoms with Crippen molar-refractivity contribution in [3.8, 4) is 0 Å². The molecule has 0 bridgehead atoms. The van der Waals surface area contributed by atoms with Crippen LogP contribution in [0.4, 0.5) is 20.2 Å². The molecule has 0 saturated heterocycles. The molecule has 19 heavy (non-hydrogen) atoms. The van der Waals surface area contributed by atoms with Crippen molar-refractivity contribution in [2.24, 2.45) is 0 Å². The lowest BCUT2D eigenvalue weighted by atomic mass is 10.2. The maximum atomic E-state index is 12.8. The lowest BCUT2D eigenvalue weighted by Crippen LogP contribution is -1.92. The Bertz CT molecular complexity index is 539. The lowest BCUT2D eigenvalue weighted by molar-refractivity contribution is 0.619. The van der Waals surface area contributed by atoms with Crippen LogP contribution in [0.3, 0.4) is 0 Å². The van der Waals surface area contributed by atoms with Crippen LogP contribution in [-0.4, -0.2) is 0 Å². The van der Waals surface area contributed by atoms with Gasteiger partial charge in [0.25, 0.3) is 0 Å². The molecular weight excluding hydrogens is 270 g/mol. The highest BCUT2D eigenvalue weighted by Gasteiger charge is 2.04. The molecule has 2 aromatic rings. The van der Waals surface area contributed by atoms with Gasteiger partial charge >= 0.3 is 0 Å². The first kappa shape index (κ1) is 15.2. The standard InChI is InChI=1S/C7H7ClFN.C7H8FN/c1-4-6(10)3-2-5(8)7(4)9;1-5-6(8)3-2-4-7(5)9/h2-3H,10H2,1H3;2-4H,9H2,1H3. The van der Waals surface area contributed by atoms with Gasteiger partial charge in [-0.2, -0.15) is 0 Å². The summed E-state index contributed by atoms with van der Waals surface area (Å²) in [7, 11) is 0. The molecule has 0 atom stereocenters. The van der Waals surface area contributed by atoms with E-state index >= 15 is 0 Å². The normalized spacial score (nSPS) is 9.74. The molecule has 0 fully saturated rings. The summed E-state index contributed by atoms with van der Waals surface area (Å²) in [6, 6.07) is 7.70. The van der Waals surface area contributed by atoms with Crippen molar-refractivity contribution in [3.05, 3.63) is 58.1 Å². The zero-order valence-corrected chi connectivity index (χ0v) is 11.4. The molecule has 2 nitrogen and oxygen atoms in total. The zero-order chi connectivity index (χ0) is 14.6. The zero-order valence-electron chi connectivity index (χ0n) is 10.7. The van der Waals surface area contributed by atoms with E-state index in [1.807, 2.05) is 0 Å². The molecule has 0 amide bonds. The Morgan fingerprint density at radius 3 is 1.95 bits per heavy atom. The average Bonchev–Trinajstić information content (AvgIpc) is 2.39. The van der Waals surface area contributed by atoms with Crippen LogP contribution in [0.15, 0.2) is 30.3 Å². The van der Waals surface area contributed by atoms with E-state index in [0.717, 1.165) is 0 Å². The molecule has 0 aromatic heterocycles. The number of halogens is 3. The maximum absolute atomic E-state index is 12.8. The van der Waals surface area contributed by atoms with Crippen LogP contribution >= 0.6 is 11.6 Å². The van der Waals surface area contributed by atoms with Gasteiger partial charge in [0.15, 0.2) is 0 Å². The van der Waals surface area contributed by atoms with E-state index < -0.39 is 5.82 Å². The fourth-order valence-electron chi connectivity index (χ4n) is 1.29. The molecule has 0 radical (unpaired) electrons. The molecule has 0 unspecified atom stereocenters. The SMILES string of the molecule is Cc1c(N)ccc(Cl)c1F.Cc1c(N)cccc1F. The van der Waals surface area contributed by atoms with Gasteiger partial charge in [0, 0.05) is 22.5 Å². The predicted molar refractivity (Wildman–Crippen MR) is 76.1 cm³/mol. The highest BCUT2D eigenvalue weighted by atomic mass is 35.5. The molecule has 102 valence electrons. The van der Waals surface area contributed by atoms with Gasteiger partial charge in [-0.25, -0.2) is 8.78 Å². The first-order chi connectivity index (χ1) is 8.84. The van der Waals surface area contributed by atoms with Crippen LogP contribution in [0.1, 0.15) is 11.1 Å². The Kier molecular flexibility index (Phi) is 5.12. The van der Waals surface area contributed by atoms with Crippen LogP contribution in [0.2, 0.25) is 5.02 Å². The summed E-state index contributed by atoms with van der Waals surface area (Å²) < 4.78 is 25.3. The number of nitrogens with two attached hydrogens (primary N) is 2. The van der Waals surface area contributed by atoms with Crippen molar-refractivity contribution in [1.29, 1.82) is 0 Å². The molecule has 0 saturated carbocycles. The Labute approximate surface area is 116 Å². The number of benzene rings is 2. The summed E-state index contributed by atoms with van der Waals surface area (Å²) in [5, 5.41) is 0.117. The van der Waals surface area contributed by atoms with Crippen molar-refractivity contribution in [1.82, 2.24) is 0 Å². The van der Waals surface area contributed by atoms with Crippen molar-refractivity contribution < 1.29 is 8.78 Å². The Balaban J connectivity index is 0.000000191. The number of hydrogen-bond acceptors (Lipinski definition) is 2. The molecule has 2 aromatic carbocycles. The highest BCUT2D eigenvalue weighted by molar-refractivity contribution is 6.30. The quantitative estimate of drug-likeness (QED) is 0.716. The molecule has 0 heterocycles. The summed E-state index contributed by atoms with van der Waals surface area (Å²) in [5.74, 6) is -0.670. The van der Waals surface area contributed by atoms with Crippen LogP contribution in [0.5, 0.6) is 0 Å². The van der Waals surface area contributed by atoms with E-state index in [1.54, 1.807) is 32.0 Å². The number of rotatable bonds is 0. The van der Waals surface area contributed by atoms with E-state index in [2.05, 4.69) is 0 Å². The molecule has 4 N–H and O–H groups in total. The third-order valence-corrected chi connectivity index (χ3v) is 2.98. The third kappa shape index (κ3) is 3.83. The number of anilines is 2. The van der Waals surface area contributed by atoms with Gasteiger partial charge < -0.3 is 11.5 Å². The highest BCUT2D eigenvalue weighted by Crippen LogP contribution is 2.21. The van der Waals surface area contributed by atoms with Crippen LogP contribution < -0.4 is 11.5 Å². The first-order valence-electron chi connectivity index (χ1n) is 5.55. The van der Waals surface area contributed by atoms with Crippen molar-refractivity contribution in [2.45, 2.75) is 13.8 Å². The lowest BCUT2D eigenvalue weighted by Gasteiger charge is -2.01. The third-order valence-electron chi connectivity index (χ3n) is 2.69. The topological polar surface area (TPSA) is 52.0 Å². The molecule has 0 aliphatic heterocycles. The van der Waals surface area contributed by atoms with Gasteiger partial charge in [-0.1, -0.05) is 17.7 Å². The summed E-state index contributed by atoms with van der Waals surface area (Å²) in [5.41, 5.74) is 12.6. The van der Waals surface area contributed by atoms with Gasteiger partial charge in [0.2, 0.25) is 0 Å². The van der Waals surface area contributed by atoms with Gasteiger partial charge in [-0.3, -0.25) is 0 Å². The number of hydrogen-bond donors (Lipinski definition) is 2. The molecule has 2 rings (SSSR count). The minimum Gasteiger partial charge on any atom is -0.398 e. The summed E-state index contributed by atoms with van der Waals surface area (Å²) >= 11 is 5.46. The molecule has 0 spiro atoms. The smallest absolute Gasteiger partial charge is 0.146 e. The Morgan fingerprint density at radius 2 is 1.47 bits per heavy atom. The first-order valence-corrected chi connectivity index (χ1v) is 5.93. The minimum atomic E-state index is -0.429. The summed E-state index contributed by atoms with van der Waals surface area (Å²) in [4.78, 5) is 0. The second-order valence-electron chi connectivity index (χ2n) is 4.03. The maximum Gasteiger partial charge on any atom is 0.146 e. The van der Waals surface area contributed by atoms with Crippen molar-refractivity contribution in [3.63, 3.8) is 0 Å². The second kappa shape index (κ2) is 6.38. The van der Waals surface area contributed by atoms with E-state index in [0.29, 0.717) is 22.5 Å². The van der Waals surface area contributed by atoms with Gasteiger partial charge in [-0.15, -0.1) is 0 Å². The van der Waals surface area contributed by atoms with Gasteiger partial charge in [0.1, 0.15) is 11.6 Å². The average molecular weight is 285 g/mol. The van der Waals surface area contributed by atoms with Crippen LogP contribution in [-0.2, 0) is 0 Å². The monoisotopic (exact) mass is 284 g/mol. The fourth-order valence-corrected chi connectivity index (χ4v) is 1.50. The van der Waals surface area contributed by atoms with Crippen LogP contribution in [0, 0.1) is 25.5 Å². The Hall–Kier alpha value is -1.81. The second-order valence-corrected chi connectivity index (χ2v) is 4.44. The molecule has 0 aliphatic rings. The molecule has 5 heteroatoms. The summed E-state index contributed by atoms with van der Waals surface area (Å²) in [6.07, 6.45) is 0. The van der Waals surface area contributed by atoms with Gasteiger partial charge in [0.05, 0.1) is 5.02 Å². The fraction of sp³-hybridized carbons (Fsp3) is 0.143. The number of nitrogen functional groups attached to an aromatic ring is 2. The van der Waals surface area contributed by atoms with E-state index in [1.165, 1.54) is 12.1 Å². The molecular formula is C14H15ClF2N2. The minimum absolute atomic E-state index is 0.117. The van der Waals surface area contributed by atoms with Crippen LogP contribution in [0.25, 0.3) is 0 Å². The Morgan fingerprint density at radius 1 is 0.895 bits per heavy atom. The largest absolute Gasteiger partial charge is 0.398 e. The van der Waals surface area contributed by atoms with Crippen molar-refractivity contribution in [2.75, 3.05) is 11.5 Å². The van der Waals surface area contributed by atoms with E-state index in [4.69, 9.17) is 23.1 Å². The summed E-state index contributed by atoms with van der Waals surface area (Å²) in [6.45, 7) is 3.25. The molecule has 0 aliphatic carbocycles. The van der Waals surface area contributed by atoms with Crippen molar-refractivity contribution >= 4 is 23.0 Å². The van der Waals surface area contributed by atoms with E-state index in [9.17, 15) is 8.78 Å².